The monoisotopic (exact) mass is 332 g/mol. The summed E-state index contributed by atoms with van der Waals surface area (Å²) in [5.41, 5.74) is 2.38. The number of pyridine rings is 1. The first-order valence-electron chi connectivity index (χ1n) is 6.34. The van der Waals surface area contributed by atoms with Crippen LogP contribution in [-0.4, -0.2) is 22.1 Å². The fourth-order valence-electron chi connectivity index (χ4n) is 2.50. The second-order valence-corrected chi connectivity index (χ2v) is 5.58. The Morgan fingerprint density at radius 1 is 1.25 bits per heavy atom. The number of carbonyl (C=O) groups excluding carboxylic acids is 1. The molecule has 1 aromatic carbocycles. The van der Waals surface area contributed by atoms with Crippen LogP contribution in [0.4, 0.5) is 0 Å². The van der Waals surface area contributed by atoms with Gasteiger partial charge in [-0.3, -0.25) is 4.79 Å². The summed E-state index contributed by atoms with van der Waals surface area (Å²) in [6, 6.07) is 12.5. The maximum Gasteiger partial charge on any atom is 0.270 e. The van der Waals surface area contributed by atoms with Gasteiger partial charge in [0.25, 0.3) is 5.91 Å². The lowest BCUT2D eigenvalue weighted by atomic mass is 10.1. The zero-order chi connectivity index (χ0) is 14.1. The van der Waals surface area contributed by atoms with Crippen molar-refractivity contribution in [3.63, 3.8) is 0 Å². The Morgan fingerprint density at radius 3 is 2.85 bits per heavy atom. The molecular formula is C15H13BrN2O2. The smallest absolute Gasteiger partial charge is 0.270 e. The molecule has 0 bridgehead atoms. The molecule has 0 saturated heterocycles. The maximum atomic E-state index is 12.2. The highest BCUT2D eigenvalue weighted by atomic mass is 79.9. The van der Waals surface area contributed by atoms with Gasteiger partial charge in [-0.1, -0.05) is 30.3 Å². The van der Waals surface area contributed by atoms with Crippen LogP contribution >= 0.6 is 15.9 Å². The highest BCUT2D eigenvalue weighted by molar-refractivity contribution is 9.10. The van der Waals surface area contributed by atoms with Gasteiger partial charge in [-0.15, -0.1) is 0 Å². The van der Waals surface area contributed by atoms with Crippen molar-refractivity contribution >= 4 is 21.8 Å². The molecule has 0 saturated carbocycles. The van der Waals surface area contributed by atoms with Gasteiger partial charge in [0, 0.05) is 6.42 Å². The van der Waals surface area contributed by atoms with Crippen LogP contribution in [0.1, 0.15) is 27.7 Å². The Hall–Kier alpha value is -1.72. The lowest BCUT2D eigenvalue weighted by molar-refractivity contribution is 0.0853. The predicted molar refractivity (Wildman–Crippen MR) is 78.3 cm³/mol. The van der Waals surface area contributed by atoms with E-state index in [1.165, 1.54) is 0 Å². The highest BCUT2D eigenvalue weighted by Gasteiger charge is 2.32. The van der Waals surface area contributed by atoms with Crippen molar-refractivity contribution in [2.24, 2.45) is 0 Å². The number of amides is 1. The van der Waals surface area contributed by atoms with Gasteiger partial charge in [-0.2, -0.15) is 0 Å². The lowest BCUT2D eigenvalue weighted by Gasteiger charge is -2.17. The molecular weight excluding hydrogens is 320 g/mol. The quantitative estimate of drug-likeness (QED) is 0.829. The van der Waals surface area contributed by atoms with Crippen LogP contribution in [0.2, 0.25) is 0 Å². The highest BCUT2D eigenvalue weighted by Crippen LogP contribution is 2.31. The van der Waals surface area contributed by atoms with Crippen LogP contribution in [0.15, 0.2) is 47.1 Å². The Labute approximate surface area is 125 Å². The normalized spacial score (nSPS) is 20.5. The summed E-state index contributed by atoms with van der Waals surface area (Å²) in [6.45, 7) is 0. The van der Waals surface area contributed by atoms with Gasteiger partial charge in [-0.25, -0.2) is 4.98 Å². The molecule has 0 aliphatic heterocycles. The van der Waals surface area contributed by atoms with Gasteiger partial charge in [0.15, 0.2) is 0 Å². The summed E-state index contributed by atoms with van der Waals surface area (Å²) in [4.78, 5) is 16.3. The molecule has 1 aromatic heterocycles. The number of nitrogens with zero attached hydrogens (tertiary/aromatic N) is 1. The standard InChI is InChI=1S/C15H13BrN2O2/c16-13-7-3-6-11(17-13)15(20)18-14-10-5-2-1-4-9(10)8-12(14)19/h1-7,12,14,19H,8H2,(H,18,20)/t12-,14+/m0/s1. The molecule has 2 atom stereocenters. The van der Waals surface area contributed by atoms with Crippen molar-refractivity contribution < 1.29 is 9.90 Å². The average Bonchev–Trinajstić information content (AvgIpc) is 2.75. The Balaban J connectivity index is 1.83. The number of hydrogen-bond donors (Lipinski definition) is 2. The molecule has 1 aliphatic carbocycles. The fraction of sp³-hybridized carbons (Fsp3) is 0.200. The van der Waals surface area contributed by atoms with Gasteiger partial charge in [0.2, 0.25) is 0 Å². The first-order chi connectivity index (χ1) is 9.65. The first kappa shape index (κ1) is 13.3. The number of hydrogen-bond acceptors (Lipinski definition) is 3. The van der Waals surface area contributed by atoms with E-state index in [1.807, 2.05) is 24.3 Å². The van der Waals surface area contributed by atoms with Crippen LogP contribution in [0, 0.1) is 0 Å². The number of halogens is 1. The number of aromatic nitrogens is 1. The topological polar surface area (TPSA) is 62.2 Å². The number of aliphatic hydroxyl groups excluding tert-OH is 1. The van der Waals surface area contributed by atoms with Crippen molar-refractivity contribution in [2.45, 2.75) is 18.6 Å². The number of nitrogens with one attached hydrogen (secondary N) is 1. The lowest BCUT2D eigenvalue weighted by Crippen LogP contribution is -2.34. The van der Waals surface area contributed by atoms with Crippen LogP contribution in [0.5, 0.6) is 0 Å². The summed E-state index contributed by atoms with van der Waals surface area (Å²) < 4.78 is 0.609. The van der Waals surface area contributed by atoms with E-state index in [1.54, 1.807) is 18.2 Å². The van der Waals surface area contributed by atoms with Crippen molar-refractivity contribution in [3.8, 4) is 0 Å². The molecule has 0 unspecified atom stereocenters. The van der Waals surface area contributed by atoms with Gasteiger partial charge in [0.1, 0.15) is 10.3 Å². The number of aliphatic hydroxyl groups is 1. The molecule has 0 radical (unpaired) electrons. The Kier molecular flexibility index (Phi) is 3.54. The molecule has 5 heteroatoms. The molecule has 1 aliphatic rings. The molecule has 1 amide bonds. The van der Waals surface area contributed by atoms with Crippen molar-refractivity contribution in [1.29, 1.82) is 0 Å². The molecule has 2 N–H and O–H groups in total. The SMILES string of the molecule is O=C(N[C@@H]1c2ccccc2C[C@@H]1O)c1cccc(Br)n1. The van der Waals surface area contributed by atoms with Crippen molar-refractivity contribution in [2.75, 3.05) is 0 Å². The number of fused-ring (bicyclic) bond motifs is 1. The summed E-state index contributed by atoms with van der Waals surface area (Å²) in [5.74, 6) is -0.285. The van der Waals surface area contributed by atoms with Crippen LogP contribution in [-0.2, 0) is 6.42 Å². The largest absolute Gasteiger partial charge is 0.390 e. The van der Waals surface area contributed by atoms with Crippen LogP contribution in [0.3, 0.4) is 0 Å². The Bertz CT molecular complexity index is 660. The third kappa shape index (κ3) is 2.46. The zero-order valence-corrected chi connectivity index (χ0v) is 12.2. The summed E-state index contributed by atoms with van der Waals surface area (Å²) in [5, 5.41) is 13.0. The minimum atomic E-state index is -0.594. The van der Waals surface area contributed by atoms with Gasteiger partial charge >= 0.3 is 0 Å². The van der Waals surface area contributed by atoms with Gasteiger partial charge in [-0.05, 0) is 39.2 Å². The molecule has 2 aromatic rings. The number of rotatable bonds is 2. The molecule has 3 rings (SSSR count). The molecule has 0 spiro atoms. The van der Waals surface area contributed by atoms with E-state index >= 15 is 0 Å². The third-order valence-corrected chi connectivity index (χ3v) is 3.88. The second kappa shape index (κ2) is 5.34. The third-order valence-electron chi connectivity index (χ3n) is 3.44. The summed E-state index contributed by atoms with van der Waals surface area (Å²) in [7, 11) is 0. The van der Waals surface area contributed by atoms with E-state index in [4.69, 9.17) is 0 Å². The minimum absolute atomic E-state index is 0.285. The van der Waals surface area contributed by atoms with Gasteiger partial charge < -0.3 is 10.4 Å². The minimum Gasteiger partial charge on any atom is -0.390 e. The average molecular weight is 333 g/mol. The van der Waals surface area contributed by atoms with Gasteiger partial charge in [0.05, 0.1) is 12.1 Å². The molecule has 1 heterocycles. The predicted octanol–water partition coefficient (Wildman–Crippen LogP) is 2.23. The fourth-order valence-corrected chi connectivity index (χ4v) is 2.84. The molecule has 102 valence electrons. The van der Waals surface area contributed by atoms with Crippen molar-refractivity contribution in [1.82, 2.24) is 10.3 Å². The van der Waals surface area contributed by atoms with E-state index in [2.05, 4.69) is 26.2 Å². The zero-order valence-electron chi connectivity index (χ0n) is 10.6. The molecule has 4 nitrogen and oxygen atoms in total. The van der Waals surface area contributed by atoms with E-state index < -0.39 is 6.10 Å². The van der Waals surface area contributed by atoms with Crippen LogP contribution in [0.25, 0.3) is 0 Å². The maximum absolute atomic E-state index is 12.2. The summed E-state index contributed by atoms with van der Waals surface area (Å²) >= 11 is 3.24. The van der Waals surface area contributed by atoms with Crippen molar-refractivity contribution in [3.05, 3.63) is 63.9 Å². The van der Waals surface area contributed by atoms with E-state index in [0.717, 1.165) is 11.1 Å². The summed E-state index contributed by atoms with van der Waals surface area (Å²) in [6.07, 6.45) is -0.0314. The number of benzene rings is 1. The van der Waals surface area contributed by atoms with Crippen LogP contribution < -0.4 is 5.32 Å². The number of carbonyl (C=O) groups is 1. The molecule has 20 heavy (non-hydrogen) atoms. The van der Waals surface area contributed by atoms with E-state index in [0.29, 0.717) is 16.7 Å². The molecule has 0 fully saturated rings. The second-order valence-electron chi connectivity index (χ2n) is 4.77. The van der Waals surface area contributed by atoms with E-state index in [9.17, 15) is 9.90 Å². The first-order valence-corrected chi connectivity index (χ1v) is 7.14. The van der Waals surface area contributed by atoms with E-state index in [-0.39, 0.29) is 11.9 Å². The Morgan fingerprint density at radius 2 is 2.05 bits per heavy atom.